The SMILES string of the molecule is Nc1nc(Nc2ccc(N3CCOCC3)cc2)cc(-c2csc3ccccc23)n1. The lowest BCUT2D eigenvalue weighted by Crippen LogP contribution is -2.36. The summed E-state index contributed by atoms with van der Waals surface area (Å²) in [6.07, 6.45) is 0. The first-order valence-corrected chi connectivity index (χ1v) is 10.5. The molecule has 146 valence electrons. The largest absolute Gasteiger partial charge is 0.378 e. The van der Waals surface area contributed by atoms with Crippen molar-refractivity contribution >= 4 is 44.6 Å². The molecule has 2 aromatic carbocycles. The van der Waals surface area contributed by atoms with Crippen LogP contribution in [0.15, 0.2) is 60.0 Å². The van der Waals surface area contributed by atoms with Gasteiger partial charge in [-0.1, -0.05) is 18.2 Å². The van der Waals surface area contributed by atoms with Crippen LogP contribution in [0.1, 0.15) is 0 Å². The Hall–Kier alpha value is -3.16. The molecule has 0 bridgehead atoms. The maximum Gasteiger partial charge on any atom is 0.222 e. The minimum Gasteiger partial charge on any atom is -0.378 e. The second kappa shape index (κ2) is 7.69. The topological polar surface area (TPSA) is 76.3 Å². The first kappa shape index (κ1) is 17.9. The van der Waals surface area contributed by atoms with Crippen LogP contribution in [-0.2, 0) is 4.74 Å². The molecular formula is C22H21N5OS. The van der Waals surface area contributed by atoms with Crippen molar-refractivity contribution in [1.82, 2.24) is 9.97 Å². The number of aromatic nitrogens is 2. The number of anilines is 4. The van der Waals surface area contributed by atoms with E-state index in [4.69, 9.17) is 10.5 Å². The summed E-state index contributed by atoms with van der Waals surface area (Å²) in [5.41, 5.74) is 10.1. The quantitative estimate of drug-likeness (QED) is 0.522. The first-order valence-electron chi connectivity index (χ1n) is 9.57. The number of thiophene rings is 1. The van der Waals surface area contributed by atoms with Crippen molar-refractivity contribution in [2.75, 3.05) is 42.3 Å². The van der Waals surface area contributed by atoms with Gasteiger partial charge in [0.25, 0.3) is 0 Å². The fourth-order valence-corrected chi connectivity index (χ4v) is 4.52. The maximum atomic E-state index is 6.01. The van der Waals surface area contributed by atoms with E-state index in [9.17, 15) is 0 Å². The van der Waals surface area contributed by atoms with Crippen LogP contribution in [0.5, 0.6) is 0 Å². The van der Waals surface area contributed by atoms with Crippen LogP contribution in [0, 0.1) is 0 Å². The second-order valence-electron chi connectivity index (χ2n) is 6.91. The number of hydrogen-bond acceptors (Lipinski definition) is 7. The third-order valence-corrected chi connectivity index (χ3v) is 5.98. The lowest BCUT2D eigenvalue weighted by Gasteiger charge is -2.28. The van der Waals surface area contributed by atoms with Crippen molar-refractivity contribution in [1.29, 1.82) is 0 Å². The Morgan fingerprint density at radius 2 is 1.79 bits per heavy atom. The van der Waals surface area contributed by atoms with E-state index < -0.39 is 0 Å². The number of hydrogen-bond donors (Lipinski definition) is 2. The lowest BCUT2D eigenvalue weighted by molar-refractivity contribution is 0.122. The number of rotatable bonds is 4. The molecule has 3 N–H and O–H groups in total. The number of morpholine rings is 1. The van der Waals surface area contributed by atoms with Gasteiger partial charge >= 0.3 is 0 Å². The Morgan fingerprint density at radius 1 is 1.00 bits per heavy atom. The fraction of sp³-hybridized carbons (Fsp3) is 0.182. The molecule has 1 saturated heterocycles. The van der Waals surface area contributed by atoms with Crippen molar-refractivity contribution in [2.24, 2.45) is 0 Å². The zero-order chi connectivity index (χ0) is 19.6. The zero-order valence-corrected chi connectivity index (χ0v) is 16.7. The molecule has 7 heteroatoms. The number of benzene rings is 2. The van der Waals surface area contributed by atoms with Gasteiger partial charge in [0.2, 0.25) is 5.95 Å². The standard InChI is InChI=1S/C22H21N5OS/c23-22-25-19(18-14-29-20-4-2-1-3-17(18)20)13-21(26-22)24-15-5-7-16(8-6-15)27-9-11-28-12-10-27/h1-8,13-14H,9-12H2,(H3,23,24,25,26). The molecule has 6 nitrogen and oxygen atoms in total. The molecule has 4 aromatic rings. The minimum atomic E-state index is 0.255. The Balaban J connectivity index is 1.40. The van der Waals surface area contributed by atoms with E-state index in [1.54, 1.807) is 11.3 Å². The van der Waals surface area contributed by atoms with Crippen molar-refractivity contribution in [2.45, 2.75) is 0 Å². The smallest absolute Gasteiger partial charge is 0.222 e. The van der Waals surface area contributed by atoms with Crippen molar-refractivity contribution < 1.29 is 4.74 Å². The summed E-state index contributed by atoms with van der Waals surface area (Å²) < 4.78 is 6.65. The highest BCUT2D eigenvalue weighted by molar-refractivity contribution is 7.17. The molecule has 3 heterocycles. The summed E-state index contributed by atoms with van der Waals surface area (Å²) in [7, 11) is 0. The Labute approximate surface area is 173 Å². The van der Waals surface area contributed by atoms with E-state index in [2.05, 4.69) is 62.0 Å². The molecular weight excluding hydrogens is 382 g/mol. The van der Waals surface area contributed by atoms with Crippen LogP contribution in [0.25, 0.3) is 21.3 Å². The minimum absolute atomic E-state index is 0.255. The van der Waals surface area contributed by atoms with Crippen molar-refractivity contribution in [3.8, 4) is 11.3 Å². The predicted molar refractivity (Wildman–Crippen MR) is 120 cm³/mol. The number of nitrogen functional groups attached to an aromatic ring is 1. The summed E-state index contributed by atoms with van der Waals surface area (Å²) in [4.78, 5) is 11.2. The maximum absolute atomic E-state index is 6.01. The van der Waals surface area contributed by atoms with Crippen LogP contribution in [0.2, 0.25) is 0 Å². The van der Waals surface area contributed by atoms with Gasteiger partial charge in [0.05, 0.1) is 18.9 Å². The molecule has 0 radical (unpaired) electrons. The Morgan fingerprint density at radius 3 is 2.62 bits per heavy atom. The van der Waals surface area contributed by atoms with E-state index in [0.29, 0.717) is 5.82 Å². The van der Waals surface area contributed by atoms with Crippen LogP contribution >= 0.6 is 11.3 Å². The Bertz CT molecular complexity index is 1140. The number of ether oxygens (including phenoxy) is 1. The van der Waals surface area contributed by atoms with E-state index in [0.717, 1.165) is 43.2 Å². The number of nitrogens with two attached hydrogens (primary N) is 1. The molecule has 0 spiro atoms. The van der Waals surface area contributed by atoms with Gasteiger partial charge in [0.1, 0.15) is 5.82 Å². The van der Waals surface area contributed by atoms with E-state index >= 15 is 0 Å². The molecule has 2 aromatic heterocycles. The van der Waals surface area contributed by atoms with Gasteiger partial charge in [-0.05, 0) is 30.3 Å². The molecule has 1 fully saturated rings. The van der Waals surface area contributed by atoms with Crippen LogP contribution in [-0.4, -0.2) is 36.3 Å². The van der Waals surface area contributed by atoms with E-state index in [1.165, 1.54) is 15.8 Å². The van der Waals surface area contributed by atoms with Gasteiger partial charge in [-0.25, -0.2) is 4.98 Å². The highest BCUT2D eigenvalue weighted by Crippen LogP contribution is 2.34. The summed E-state index contributed by atoms with van der Waals surface area (Å²) in [6, 6.07) is 18.6. The molecule has 1 aliphatic rings. The van der Waals surface area contributed by atoms with Gasteiger partial charge in [-0.3, -0.25) is 0 Å². The van der Waals surface area contributed by atoms with Gasteiger partial charge in [0.15, 0.2) is 0 Å². The fourth-order valence-electron chi connectivity index (χ4n) is 3.57. The number of nitrogens with one attached hydrogen (secondary N) is 1. The second-order valence-corrected chi connectivity index (χ2v) is 7.82. The van der Waals surface area contributed by atoms with Crippen molar-refractivity contribution in [3.05, 3.63) is 60.0 Å². The molecule has 29 heavy (non-hydrogen) atoms. The molecule has 0 aliphatic carbocycles. The van der Waals surface area contributed by atoms with Crippen molar-refractivity contribution in [3.63, 3.8) is 0 Å². The zero-order valence-electron chi connectivity index (χ0n) is 15.8. The first-order chi connectivity index (χ1) is 14.3. The third kappa shape index (κ3) is 3.74. The summed E-state index contributed by atoms with van der Waals surface area (Å²) in [5, 5.41) is 6.65. The monoisotopic (exact) mass is 403 g/mol. The highest BCUT2D eigenvalue weighted by atomic mass is 32.1. The summed E-state index contributed by atoms with van der Waals surface area (Å²) in [6.45, 7) is 3.40. The molecule has 0 unspecified atom stereocenters. The van der Waals surface area contributed by atoms with Gasteiger partial charge < -0.3 is 20.7 Å². The average Bonchev–Trinajstić information content (AvgIpc) is 3.19. The van der Waals surface area contributed by atoms with Crippen LogP contribution in [0.3, 0.4) is 0 Å². The number of nitrogens with zero attached hydrogens (tertiary/aromatic N) is 3. The van der Waals surface area contributed by atoms with Gasteiger partial charge in [0, 0.05) is 51.6 Å². The molecule has 0 atom stereocenters. The Kier molecular flexibility index (Phi) is 4.75. The van der Waals surface area contributed by atoms with Gasteiger partial charge in [-0.2, -0.15) is 4.98 Å². The lowest BCUT2D eigenvalue weighted by atomic mass is 10.1. The molecule has 5 rings (SSSR count). The van der Waals surface area contributed by atoms with Crippen LogP contribution in [0.4, 0.5) is 23.1 Å². The normalized spacial score (nSPS) is 14.3. The summed E-state index contributed by atoms with van der Waals surface area (Å²) in [5.74, 6) is 0.937. The van der Waals surface area contributed by atoms with Gasteiger partial charge in [-0.15, -0.1) is 11.3 Å². The van der Waals surface area contributed by atoms with Crippen LogP contribution < -0.4 is 16.0 Å². The third-order valence-electron chi connectivity index (χ3n) is 5.02. The number of fused-ring (bicyclic) bond motifs is 1. The molecule has 1 aliphatic heterocycles. The highest BCUT2D eigenvalue weighted by Gasteiger charge is 2.12. The predicted octanol–water partition coefficient (Wildman–Crippen LogP) is 4.52. The molecule has 0 amide bonds. The molecule has 0 saturated carbocycles. The van der Waals surface area contributed by atoms with E-state index in [1.807, 2.05) is 18.2 Å². The van der Waals surface area contributed by atoms with E-state index in [-0.39, 0.29) is 5.95 Å². The average molecular weight is 404 g/mol. The summed E-state index contributed by atoms with van der Waals surface area (Å²) >= 11 is 1.70.